The predicted molar refractivity (Wildman–Crippen MR) is 124 cm³/mol. The molecule has 0 spiro atoms. The van der Waals surface area contributed by atoms with Crippen molar-refractivity contribution in [3.05, 3.63) is 72.3 Å². The van der Waals surface area contributed by atoms with Gasteiger partial charge >= 0.3 is 0 Å². The lowest BCUT2D eigenvalue weighted by molar-refractivity contribution is 0.268. The number of imidazole rings is 1. The molecular weight excluding hydrogens is 444 g/mol. The fraction of sp³-hybridized carbons (Fsp3) is 0.318. The number of aromatic nitrogens is 4. The van der Waals surface area contributed by atoms with Gasteiger partial charge in [0.15, 0.2) is 0 Å². The lowest BCUT2D eigenvalue weighted by atomic mass is 10.2. The molecule has 32 heavy (non-hydrogen) atoms. The molecule has 3 heterocycles. The van der Waals surface area contributed by atoms with Crippen molar-refractivity contribution in [2.24, 2.45) is 0 Å². The summed E-state index contributed by atoms with van der Waals surface area (Å²) in [5.41, 5.74) is 2.31. The van der Waals surface area contributed by atoms with Crippen molar-refractivity contribution in [2.45, 2.75) is 24.4 Å². The Morgan fingerprint density at radius 2 is 1.78 bits per heavy atom. The summed E-state index contributed by atoms with van der Waals surface area (Å²) in [6.45, 7) is 3.88. The molecule has 2 aromatic carbocycles. The van der Waals surface area contributed by atoms with Crippen LogP contribution >= 0.6 is 11.7 Å². The molecule has 1 aliphatic heterocycles. The van der Waals surface area contributed by atoms with E-state index in [1.807, 2.05) is 30.6 Å². The Hall–Kier alpha value is -2.66. The summed E-state index contributed by atoms with van der Waals surface area (Å²) in [7, 11) is -3.63. The lowest BCUT2D eigenvalue weighted by Gasteiger charge is -2.22. The van der Waals surface area contributed by atoms with Gasteiger partial charge in [0.2, 0.25) is 10.0 Å². The molecule has 1 saturated heterocycles. The van der Waals surface area contributed by atoms with Crippen LogP contribution in [-0.4, -0.2) is 62.1 Å². The third-order valence-corrected chi connectivity index (χ3v) is 8.25. The van der Waals surface area contributed by atoms with Crippen molar-refractivity contribution >= 4 is 32.8 Å². The standard InChI is InChI=1S/C22H24N6O2S2/c29-32(30,20-9-4-8-19-22(20)25-31-24-19)28-12-5-11-26(14-15-28)17-21-23-10-13-27(21)16-18-6-2-1-3-7-18/h1-4,6-10,13H,5,11-12,14-17H2. The molecule has 0 amide bonds. The van der Waals surface area contributed by atoms with E-state index in [1.54, 1.807) is 22.5 Å². The second-order valence-electron chi connectivity index (χ2n) is 7.88. The Morgan fingerprint density at radius 1 is 0.906 bits per heavy atom. The maximum Gasteiger partial charge on any atom is 0.245 e. The molecule has 1 fully saturated rings. The van der Waals surface area contributed by atoms with Gasteiger partial charge in [0.25, 0.3) is 0 Å². The topological polar surface area (TPSA) is 84.2 Å². The summed E-state index contributed by atoms with van der Waals surface area (Å²) in [5, 5.41) is 0. The molecule has 0 N–H and O–H groups in total. The molecular formula is C22H24N6O2S2. The van der Waals surface area contributed by atoms with Crippen molar-refractivity contribution in [3.8, 4) is 0 Å². The van der Waals surface area contributed by atoms with Crippen LogP contribution in [0.15, 0.2) is 65.8 Å². The van der Waals surface area contributed by atoms with Crippen LogP contribution in [0.3, 0.4) is 0 Å². The van der Waals surface area contributed by atoms with Crippen LogP contribution < -0.4 is 0 Å². The molecule has 10 heteroatoms. The Kier molecular flexibility index (Phi) is 6.01. The smallest absolute Gasteiger partial charge is 0.245 e. The van der Waals surface area contributed by atoms with Crippen LogP contribution in [0.5, 0.6) is 0 Å². The monoisotopic (exact) mass is 468 g/mol. The first kappa shape index (κ1) is 21.2. The zero-order valence-corrected chi connectivity index (χ0v) is 19.2. The van der Waals surface area contributed by atoms with Gasteiger partial charge in [-0.1, -0.05) is 36.4 Å². The van der Waals surface area contributed by atoms with E-state index in [4.69, 9.17) is 0 Å². The Morgan fingerprint density at radius 3 is 2.66 bits per heavy atom. The van der Waals surface area contributed by atoms with Crippen LogP contribution in [0.1, 0.15) is 17.8 Å². The maximum absolute atomic E-state index is 13.4. The normalized spacial score (nSPS) is 16.4. The van der Waals surface area contributed by atoms with Gasteiger partial charge in [-0.25, -0.2) is 13.4 Å². The Bertz CT molecular complexity index is 1300. The molecule has 8 nitrogen and oxygen atoms in total. The molecule has 1 aliphatic rings. The summed E-state index contributed by atoms with van der Waals surface area (Å²) in [6.07, 6.45) is 4.60. The van der Waals surface area contributed by atoms with Crippen molar-refractivity contribution in [2.75, 3.05) is 26.2 Å². The van der Waals surface area contributed by atoms with Gasteiger partial charge in [0, 0.05) is 38.6 Å². The van der Waals surface area contributed by atoms with Gasteiger partial charge in [0.05, 0.1) is 18.3 Å². The highest BCUT2D eigenvalue weighted by atomic mass is 32.2. The molecule has 0 unspecified atom stereocenters. The number of benzene rings is 2. The van der Waals surface area contributed by atoms with Gasteiger partial charge in [0.1, 0.15) is 21.8 Å². The molecule has 0 atom stereocenters. The number of hydrogen-bond donors (Lipinski definition) is 0. The number of nitrogens with zero attached hydrogens (tertiary/aromatic N) is 6. The molecule has 166 valence electrons. The van der Waals surface area contributed by atoms with E-state index in [9.17, 15) is 8.42 Å². The predicted octanol–water partition coefficient (Wildman–Crippen LogP) is 2.83. The zero-order chi connectivity index (χ0) is 22.0. The maximum atomic E-state index is 13.4. The first-order chi connectivity index (χ1) is 15.6. The van der Waals surface area contributed by atoms with Crippen LogP contribution in [-0.2, 0) is 23.1 Å². The second-order valence-corrected chi connectivity index (χ2v) is 10.3. The minimum absolute atomic E-state index is 0.246. The van der Waals surface area contributed by atoms with Crippen molar-refractivity contribution in [1.82, 2.24) is 27.5 Å². The highest BCUT2D eigenvalue weighted by Gasteiger charge is 2.29. The highest BCUT2D eigenvalue weighted by Crippen LogP contribution is 2.25. The van der Waals surface area contributed by atoms with E-state index in [1.165, 1.54) is 5.56 Å². The van der Waals surface area contributed by atoms with Crippen LogP contribution in [0.25, 0.3) is 11.0 Å². The number of hydrogen-bond acceptors (Lipinski definition) is 7. The fourth-order valence-electron chi connectivity index (χ4n) is 4.09. The van der Waals surface area contributed by atoms with Crippen molar-refractivity contribution in [3.63, 3.8) is 0 Å². The van der Waals surface area contributed by atoms with Crippen molar-refractivity contribution in [1.29, 1.82) is 0 Å². The lowest BCUT2D eigenvalue weighted by Crippen LogP contribution is -2.35. The number of fused-ring (bicyclic) bond motifs is 1. The first-order valence-corrected chi connectivity index (χ1v) is 12.8. The van der Waals surface area contributed by atoms with E-state index in [-0.39, 0.29) is 4.90 Å². The second kappa shape index (κ2) is 9.07. The molecule has 4 aromatic rings. The van der Waals surface area contributed by atoms with Crippen LogP contribution in [0, 0.1) is 0 Å². The minimum Gasteiger partial charge on any atom is -0.329 e. The van der Waals surface area contributed by atoms with Gasteiger partial charge in [-0.3, -0.25) is 4.90 Å². The number of sulfonamides is 1. The third-order valence-electron chi connectivity index (χ3n) is 5.78. The van der Waals surface area contributed by atoms with Gasteiger partial charge < -0.3 is 4.57 Å². The molecule has 0 aliphatic carbocycles. The van der Waals surface area contributed by atoms with Gasteiger partial charge in [-0.15, -0.1) is 0 Å². The van der Waals surface area contributed by atoms with Crippen molar-refractivity contribution < 1.29 is 8.42 Å². The van der Waals surface area contributed by atoms with E-state index in [2.05, 4.69) is 35.3 Å². The minimum atomic E-state index is -3.63. The zero-order valence-electron chi connectivity index (χ0n) is 17.5. The van der Waals surface area contributed by atoms with Crippen LogP contribution in [0.4, 0.5) is 0 Å². The average Bonchev–Trinajstić information content (AvgIpc) is 3.38. The highest BCUT2D eigenvalue weighted by molar-refractivity contribution is 7.89. The fourth-order valence-corrected chi connectivity index (χ4v) is 6.31. The van der Waals surface area contributed by atoms with E-state index < -0.39 is 10.0 Å². The SMILES string of the molecule is O=S(=O)(c1cccc2nsnc12)N1CCCN(Cc2nccn2Cc2ccccc2)CC1. The summed E-state index contributed by atoms with van der Waals surface area (Å²) in [4.78, 5) is 7.08. The summed E-state index contributed by atoms with van der Waals surface area (Å²) in [6, 6.07) is 15.5. The molecule has 5 rings (SSSR count). The summed E-state index contributed by atoms with van der Waals surface area (Å²) >= 11 is 1.04. The van der Waals surface area contributed by atoms with E-state index in [0.717, 1.165) is 37.1 Å². The molecule has 2 aromatic heterocycles. The third kappa shape index (κ3) is 4.31. The number of rotatable bonds is 6. The Labute approximate surface area is 191 Å². The molecule has 0 saturated carbocycles. The largest absolute Gasteiger partial charge is 0.329 e. The van der Waals surface area contributed by atoms with Gasteiger partial charge in [-0.05, 0) is 30.7 Å². The van der Waals surface area contributed by atoms with Crippen LogP contribution in [0.2, 0.25) is 0 Å². The van der Waals surface area contributed by atoms with E-state index in [0.29, 0.717) is 37.2 Å². The molecule has 0 radical (unpaired) electrons. The van der Waals surface area contributed by atoms with Gasteiger partial charge in [-0.2, -0.15) is 13.1 Å². The molecule has 0 bridgehead atoms. The Balaban J connectivity index is 1.28. The summed E-state index contributed by atoms with van der Waals surface area (Å²) in [5.74, 6) is 0.989. The van der Waals surface area contributed by atoms with E-state index >= 15 is 0 Å². The quantitative estimate of drug-likeness (QED) is 0.433. The average molecular weight is 469 g/mol. The first-order valence-electron chi connectivity index (χ1n) is 10.6. The summed E-state index contributed by atoms with van der Waals surface area (Å²) < 4.78 is 38.9.